The number of nitrogens with one attached hydrogen (secondary N) is 2. The number of aromatic nitrogens is 2. The van der Waals surface area contributed by atoms with Crippen LogP contribution in [0.2, 0.25) is 0 Å². The Labute approximate surface area is 195 Å². The number of amides is 1. The summed E-state index contributed by atoms with van der Waals surface area (Å²) in [5, 5.41) is 6.66. The number of halogens is 1. The number of likely N-dealkylation sites (tertiary alicyclic amines) is 1. The second-order valence-electron chi connectivity index (χ2n) is 8.20. The van der Waals surface area contributed by atoms with E-state index >= 15 is 0 Å². The normalized spacial score (nSPS) is 14.5. The number of aliphatic imine (C=N–C) groups is 1. The third-order valence-corrected chi connectivity index (χ3v) is 4.50. The fraction of sp³-hybridized carbons (Fsp3) is 0.476. The number of imidazole rings is 1. The van der Waals surface area contributed by atoms with E-state index in [0.717, 1.165) is 12.5 Å². The lowest BCUT2D eigenvalue weighted by Gasteiger charge is -2.40. The van der Waals surface area contributed by atoms with Crippen molar-refractivity contribution in [2.45, 2.75) is 45.5 Å². The molecule has 0 bridgehead atoms. The molecule has 0 atom stereocenters. The number of benzene rings is 1. The highest BCUT2D eigenvalue weighted by atomic mass is 127. The van der Waals surface area contributed by atoms with Crippen LogP contribution in [0.15, 0.2) is 48.0 Å². The van der Waals surface area contributed by atoms with E-state index in [2.05, 4.69) is 44.9 Å². The largest absolute Gasteiger partial charge is 0.444 e. The van der Waals surface area contributed by atoms with Crippen molar-refractivity contribution in [1.29, 1.82) is 0 Å². The Morgan fingerprint density at radius 1 is 1.23 bits per heavy atom. The van der Waals surface area contributed by atoms with Crippen molar-refractivity contribution < 1.29 is 9.53 Å². The van der Waals surface area contributed by atoms with Crippen molar-refractivity contribution >= 4 is 36.0 Å². The lowest BCUT2D eigenvalue weighted by atomic mass is 10.1. The summed E-state index contributed by atoms with van der Waals surface area (Å²) in [6.45, 7) is 8.32. The molecule has 2 aromatic rings. The number of guanidine groups is 1. The fourth-order valence-corrected chi connectivity index (χ4v) is 2.97. The summed E-state index contributed by atoms with van der Waals surface area (Å²) in [5.74, 6) is 0.723. The fourth-order valence-electron chi connectivity index (χ4n) is 2.97. The molecule has 8 nitrogen and oxygen atoms in total. The van der Waals surface area contributed by atoms with E-state index in [0.29, 0.717) is 19.6 Å². The Morgan fingerprint density at radius 2 is 1.90 bits per heavy atom. The molecule has 164 valence electrons. The van der Waals surface area contributed by atoms with Crippen molar-refractivity contribution in [3.05, 3.63) is 54.1 Å². The lowest BCUT2D eigenvalue weighted by molar-refractivity contribution is 0.00701. The zero-order valence-electron chi connectivity index (χ0n) is 18.0. The molecule has 0 aliphatic carbocycles. The average molecular weight is 526 g/mol. The Bertz CT molecular complexity index is 824. The van der Waals surface area contributed by atoms with Gasteiger partial charge in [0, 0.05) is 45.6 Å². The summed E-state index contributed by atoms with van der Waals surface area (Å²) in [6, 6.07) is 8.64. The summed E-state index contributed by atoms with van der Waals surface area (Å²) in [5.41, 5.74) is 1.93. The minimum absolute atomic E-state index is 0. The van der Waals surface area contributed by atoms with Gasteiger partial charge in [0.2, 0.25) is 0 Å². The number of ether oxygens (including phenoxy) is 1. The molecule has 1 saturated heterocycles. The van der Waals surface area contributed by atoms with Crippen LogP contribution in [0.1, 0.15) is 31.9 Å². The molecule has 1 aromatic heterocycles. The van der Waals surface area contributed by atoms with Gasteiger partial charge in [-0.1, -0.05) is 24.3 Å². The molecule has 2 N–H and O–H groups in total. The van der Waals surface area contributed by atoms with Gasteiger partial charge in [0.25, 0.3) is 0 Å². The maximum absolute atomic E-state index is 12.0. The molecule has 30 heavy (non-hydrogen) atoms. The highest BCUT2D eigenvalue weighted by molar-refractivity contribution is 14.0. The third kappa shape index (κ3) is 7.19. The molecule has 1 aliphatic rings. The van der Waals surface area contributed by atoms with Gasteiger partial charge in [-0.2, -0.15) is 0 Å². The van der Waals surface area contributed by atoms with Crippen LogP contribution in [0.3, 0.4) is 0 Å². The number of rotatable bonds is 5. The molecular formula is C21H31IN6O2. The molecule has 0 spiro atoms. The van der Waals surface area contributed by atoms with Crippen LogP contribution >= 0.6 is 24.0 Å². The summed E-state index contributed by atoms with van der Waals surface area (Å²) < 4.78 is 7.42. The zero-order chi connectivity index (χ0) is 20.9. The van der Waals surface area contributed by atoms with E-state index in [1.54, 1.807) is 18.1 Å². The molecule has 0 radical (unpaired) electrons. The van der Waals surface area contributed by atoms with Crippen molar-refractivity contribution in [3.8, 4) is 0 Å². The van der Waals surface area contributed by atoms with Gasteiger partial charge in [0.15, 0.2) is 5.96 Å². The van der Waals surface area contributed by atoms with Gasteiger partial charge in [0.1, 0.15) is 5.60 Å². The van der Waals surface area contributed by atoms with Gasteiger partial charge in [-0.3, -0.25) is 4.99 Å². The average Bonchev–Trinajstić information content (AvgIpc) is 3.13. The Hall–Kier alpha value is -2.30. The quantitative estimate of drug-likeness (QED) is 0.356. The monoisotopic (exact) mass is 526 g/mol. The van der Waals surface area contributed by atoms with Crippen molar-refractivity contribution in [2.24, 2.45) is 4.99 Å². The van der Waals surface area contributed by atoms with Crippen LogP contribution in [-0.4, -0.2) is 58.3 Å². The summed E-state index contributed by atoms with van der Waals surface area (Å²) in [4.78, 5) is 22.0. The van der Waals surface area contributed by atoms with Gasteiger partial charge >= 0.3 is 6.09 Å². The van der Waals surface area contributed by atoms with E-state index in [9.17, 15) is 4.79 Å². The van der Waals surface area contributed by atoms with Crippen LogP contribution in [-0.2, 0) is 17.8 Å². The number of carbonyl (C=O) groups excluding carboxylic acids is 1. The van der Waals surface area contributed by atoms with Gasteiger partial charge in [-0.15, -0.1) is 24.0 Å². The van der Waals surface area contributed by atoms with E-state index in [1.807, 2.05) is 37.9 Å². The Kier molecular flexibility index (Phi) is 8.51. The number of hydrogen-bond acceptors (Lipinski definition) is 4. The SMILES string of the molecule is CN=C(NCc1ccc(Cn2ccnc2)cc1)NC1CN(C(=O)OC(C)(C)C)C1.I. The molecule has 1 aromatic carbocycles. The standard InChI is InChI=1S/C21H30N6O2.HI/c1-21(2,3)29-20(28)27-13-18(14-27)25-19(22-4)24-11-16-5-7-17(8-6-16)12-26-10-9-23-15-26;/h5-10,15,18H,11-14H2,1-4H3,(H2,22,24,25);1H. The molecule has 1 aliphatic heterocycles. The van der Waals surface area contributed by atoms with Crippen molar-refractivity contribution in [1.82, 2.24) is 25.1 Å². The topological polar surface area (TPSA) is 83.8 Å². The molecule has 9 heteroatoms. The highest BCUT2D eigenvalue weighted by Crippen LogP contribution is 2.15. The summed E-state index contributed by atoms with van der Waals surface area (Å²) in [6.07, 6.45) is 5.28. The van der Waals surface area contributed by atoms with Crippen LogP contribution in [0.25, 0.3) is 0 Å². The van der Waals surface area contributed by atoms with Crippen LogP contribution in [0.5, 0.6) is 0 Å². The predicted molar refractivity (Wildman–Crippen MR) is 128 cm³/mol. The smallest absolute Gasteiger partial charge is 0.410 e. The number of hydrogen-bond donors (Lipinski definition) is 2. The van der Waals surface area contributed by atoms with Crippen molar-refractivity contribution in [3.63, 3.8) is 0 Å². The van der Waals surface area contributed by atoms with E-state index in [-0.39, 0.29) is 36.1 Å². The maximum Gasteiger partial charge on any atom is 0.410 e. The predicted octanol–water partition coefficient (Wildman–Crippen LogP) is 2.83. The van der Waals surface area contributed by atoms with Crippen LogP contribution in [0, 0.1) is 0 Å². The number of nitrogens with zero attached hydrogens (tertiary/aromatic N) is 4. The van der Waals surface area contributed by atoms with E-state index < -0.39 is 5.60 Å². The van der Waals surface area contributed by atoms with Crippen LogP contribution in [0.4, 0.5) is 4.79 Å². The van der Waals surface area contributed by atoms with Crippen molar-refractivity contribution in [2.75, 3.05) is 20.1 Å². The first-order valence-electron chi connectivity index (χ1n) is 9.81. The van der Waals surface area contributed by atoms with Crippen LogP contribution < -0.4 is 10.6 Å². The molecule has 1 fully saturated rings. The highest BCUT2D eigenvalue weighted by Gasteiger charge is 2.34. The molecule has 0 unspecified atom stereocenters. The number of carbonyl (C=O) groups is 1. The first-order valence-corrected chi connectivity index (χ1v) is 9.81. The van der Waals surface area contributed by atoms with Gasteiger partial charge < -0.3 is 24.8 Å². The first kappa shape index (κ1) is 24.0. The third-order valence-electron chi connectivity index (χ3n) is 4.50. The minimum atomic E-state index is -0.471. The molecule has 0 saturated carbocycles. The van der Waals surface area contributed by atoms with Gasteiger partial charge in [0.05, 0.1) is 12.4 Å². The second kappa shape index (κ2) is 10.6. The Morgan fingerprint density at radius 3 is 2.47 bits per heavy atom. The maximum atomic E-state index is 12.0. The minimum Gasteiger partial charge on any atom is -0.444 e. The van der Waals surface area contributed by atoms with Gasteiger partial charge in [-0.05, 0) is 31.9 Å². The molecule has 3 rings (SSSR count). The lowest BCUT2D eigenvalue weighted by Crippen LogP contribution is -2.63. The molecule has 2 heterocycles. The van der Waals surface area contributed by atoms with E-state index in [4.69, 9.17) is 4.74 Å². The zero-order valence-corrected chi connectivity index (χ0v) is 20.3. The Balaban J connectivity index is 0.00000320. The first-order chi connectivity index (χ1) is 13.8. The summed E-state index contributed by atoms with van der Waals surface area (Å²) >= 11 is 0. The second-order valence-corrected chi connectivity index (χ2v) is 8.20. The van der Waals surface area contributed by atoms with Gasteiger partial charge in [-0.25, -0.2) is 9.78 Å². The summed E-state index contributed by atoms with van der Waals surface area (Å²) in [7, 11) is 1.74. The molecule has 1 amide bonds. The van der Waals surface area contributed by atoms with E-state index in [1.165, 1.54) is 11.1 Å². The molecular weight excluding hydrogens is 495 g/mol.